The number of rotatable bonds is 3. The molecule has 10 heteroatoms. The summed E-state index contributed by atoms with van der Waals surface area (Å²) in [6.07, 6.45) is -1.70. The number of likely N-dealkylation sites (tertiary alicyclic amines) is 1. The van der Waals surface area contributed by atoms with Crippen molar-refractivity contribution >= 4 is 34.2 Å². The molecule has 1 saturated heterocycles. The van der Waals surface area contributed by atoms with Crippen LogP contribution in [0.4, 0.5) is 28.0 Å². The zero-order valence-corrected chi connectivity index (χ0v) is 17.7. The van der Waals surface area contributed by atoms with E-state index in [4.69, 9.17) is 11.6 Å². The number of halogens is 5. The lowest BCUT2D eigenvalue weighted by molar-refractivity contribution is -0.140. The van der Waals surface area contributed by atoms with Crippen molar-refractivity contribution in [1.82, 2.24) is 15.2 Å². The highest BCUT2D eigenvalue weighted by Crippen LogP contribution is 2.35. The largest absolute Gasteiger partial charge is 0.433 e. The van der Waals surface area contributed by atoms with Crippen LogP contribution in [-0.2, 0) is 6.18 Å². The normalized spacial score (nSPS) is 23.4. The van der Waals surface area contributed by atoms with Gasteiger partial charge < -0.3 is 15.5 Å². The van der Waals surface area contributed by atoms with E-state index in [0.717, 1.165) is 25.3 Å². The number of pyridine rings is 1. The summed E-state index contributed by atoms with van der Waals surface area (Å²) in [5.41, 5.74) is -1.80. The smallest absolute Gasteiger partial charge is 0.382 e. The van der Waals surface area contributed by atoms with Gasteiger partial charge in [0.1, 0.15) is 11.4 Å². The van der Waals surface area contributed by atoms with Crippen molar-refractivity contribution in [1.29, 1.82) is 0 Å². The predicted octanol–water partition coefficient (Wildman–Crippen LogP) is 5.38. The monoisotopic (exact) mass is 458 g/mol. The third-order valence-corrected chi connectivity index (χ3v) is 5.99. The molecule has 2 N–H and O–H groups in total. The Balaban J connectivity index is 1.49. The number of urea groups is 1. The molecule has 2 heterocycles. The molecule has 0 unspecified atom stereocenters. The summed E-state index contributed by atoms with van der Waals surface area (Å²) in [4.78, 5) is 17.4. The molecule has 1 aliphatic carbocycles. The van der Waals surface area contributed by atoms with Gasteiger partial charge in [-0.05, 0) is 56.9 Å². The van der Waals surface area contributed by atoms with Gasteiger partial charge in [0.2, 0.25) is 0 Å². The van der Waals surface area contributed by atoms with Crippen LogP contribution in [-0.4, -0.2) is 46.8 Å². The van der Waals surface area contributed by atoms with E-state index in [0.29, 0.717) is 22.5 Å². The van der Waals surface area contributed by atoms with Crippen molar-refractivity contribution in [2.24, 2.45) is 0 Å². The number of hydrogen-bond donors (Lipinski definition) is 2. The van der Waals surface area contributed by atoms with Gasteiger partial charge in [0.15, 0.2) is 0 Å². The van der Waals surface area contributed by atoms with Crippen LogP contribution in [0.15, 0.2) is 24.3 Å². The molecule has 2 fully saturated rings. The van der Waals surface area contributed by atoms with E-state index in [2.05, 4.69) is 15.6 Å². The second-order valence-corrected chi connectivity index (χ2v) is 9.07. The molecule has 0 spiro atoms. The standard InChI is InChI=1S/C21H23ClF4N4O/c1-20(23)10-30(11-20)19(31)28-14-4-2-3-13(8-14)27-17-9-18(21(24,25)26)29-16-6-5-12(22)7-15(16)17/h5-7,9,13-14H,2-4,8,10-11H2,1H3,(H,27,29)(H,28,31)/t13-,14+/m0/s1. The van der Waals surface area contributed by atoms with E-state index < -0.39 is 17.5 Å². The van der Waals surface area contributed by atoms with Crippen LogP contribution in [0.5, 0.6) is 0 Å². The lowest BCUT2D eigenvalue weighted by atomic mass is 9.90. The predicted molar refractivity (Wildman–Crippen MR) is 111 cm³/mol. The number of nitrogens with zero attached hydrogens (tertiary/aromatic N) is 2. The molecule has 1 aliphatic heterocycles. The first-order valence-corrected chi connectivity index (χ1v) is 10.6. The highest BCUT2D eigenvalue weighted by Gasteiger charge is 2.42. The van der Waals surface area contributed by atoms with Crippen molar-refractivity contribution in [3.63, 3.8) is 0 Å². The van der Waals surface area contributed by atoms with Gasteiger partial charge in [-0.15, -0.1) is 0 Å². The van der Waals surface area contributed by atoms with E-state index >= 15 is 0 Å². The quantitative estimate of drug-likeness (QED) is 0.607. The first-order valence-electron chi connectivity index (χ1n) is 10.2. The first kappa shape index (κ1) is 21.9. The Morgan fingerprint density at radius 2 is 1.94 bits per heavy atom. The molecule has 4 rings (SSSR count). The number of amides is 2. The molecule has 5 nitrogen and oxygen atoms in total. The minimum Gasteiger partial charge on any atom is -0.382 e. The Morgan fingerprint density at radius 3 is 2.61 bits per heavy atom. The second-order valence-electron chi connectivity index (χ2n) is 8.64. The van der Waals surface area contributed by atoms with Gasteiger partial charge in [0.05, 0.1) is 18.6 Å². The minimum absolute atomic E-state index is 0.0667. The second kappa shape index (κ2) is 8.00. The van der Waals surface area contributed by atoms with E-state index in [1.165, 1.54) is 24.0 Å². The molecule has 0 bridgehead atoms. The number of alkyl halides is 4. The van der Waals surface area contributed by atoms with Gasteiger partial charge in [0, 0.05) is 28.2 Å². The summed E-state index contributed by atoms with van der Waals surface area (Å²) >= 11 is 6.06. The summed E-state index contributed by atoms with van der Waals surface area (Å²) < 4.78 is 53.6. The van der Waals surface area contributed by atoms with Gasteiger partial charge in [-0.25, -0.2) is 14.2 Å². The molecule has 0 radical (unpaired) electrons. The molecule has 2 atom stereocenters. The number of carbonyl (C=O) groups is 1. The number of anilines is 1. The van der Waals surface area contributed by atoms with Crippen molar-refractivity contribution in [3.05, 3.63) is 35.0 Å². The summed E-state index contributed by atoms with van der Waals surface area (Å²) in [6, 6.07) is 4.99. The maximum Gasteiger partial charge on any atom is 0.433 e. The fraction of sp³-hybridized carbons (Fsp3) is 0.524. The van der Waals surface area contributed by atoms with Gasteiger partial charge in [0.25, 0.3) is 0 Å². The number of benzene rings is 1. The topological polar surface area (TPSA) is 57.3 Å². The number of fused-ring (bicyclic) bond motifs is 1. The lowest BCUT2D eigenvalue weighted by Crippen LogP contribution is -2.62. The fourth-order valence-electron chi connectivity index (χ4n) is 4.29. The van der Waals surface area contributed by atoms with Gasteiger partial charge in [-0.3, -0.25) is 0 Å². The molecule has 2 amide bonds. The van der Waals surface area contributed by atoms with Gasteiger partial charge >= 0.3 is 12.2 Å². The SMILES string of the molecule is CC1(F)CN(C(=O)N[C@@H]2CCC[C@H](Nc3cc(C(F)(F)F)nc4ccc(Cl)cc34)C2)C1. The molecule has 1 aromatic heterocycles. The Morgan fingerprint density at radius 1 is 1.23 bits per heavy atom. The third kappa shape index (κ3) is 4.97. The van der Waals surface area contributed by atoms with Crippen LogP contribution >= 0.6 is 11.6 Å². The van der Waals surface area contributed by atoms with Crippen LogP contribution < -0.4 is 10.6 Å². The zero-order valence-electron chi connectivity index (χ0n) is 16.9. The van der Waals surface area contributed by atoms with E-state index in [1.807, 2.05) is 0 Å². The molecular formula is C21H23ClF4N4O. The average Bonchev–Trinajstić information content (AvgIpc) is 2.65. The van der Waals surface area contributed by atoms with Crippen molar-refractivity contribution in [2.45, 2.75) is 56.5 Å². The van der Waals surface area contributed by atoms with E-state index in [9.17, 15) is 22.4 Å². The molecule has 1 aromatic carbocycles. The van der Waals surface area contributed by atoms with Gasteiger partial charge in [-0.1, -0.05) is 11.6 Å². The zero-order chi connectivity index (χ0) is 22.4. The summed E-state index contributed by atoms with van der Waals surface area (Å²) in [6.45, 7) is 1.59. The Kier molecular flexibility index (Phi) is 5.66. The van der Waals surface area contributed by atoms with Crippen LogP contribution in [0, 0.1) is 0 Å². The molecule has 1 saturated carbocycles. The van der Waals surface area contributed by atoms with Crippen LogP contribution in [0.3, 0.4) is 0 Å². The Bertz CT molecular complexity index is 989. The number of carbonyl (C=O) groups excluding carboxylic acids is 1. The third-order valence-electron chi connectivity index (χ3n) is 5.75. The van der Waals surface area contributed by atoms with Crippen LogP contribution in [0.1, 0.15) is 38.3 Å². The summed E-state index contributed by atoms with van der Waals surface area (Å²) in [5, 5.41) is 7.05. The summed E-state index contributed by atoms with van der Waals surface area (Å²) in [7, 11) is 0. The highest BCUT2D eigenvalue weighted by atomic mass is 35.5. The molecule has 2 aromatic rings. The van der Waals surface area contributed by atoms with Crippen LogP contribution in [0.25, 0.3) is 10.9 Å². The highest BCUT2D eigenvalue weighted by molar-refractivity contribution is 6.31. The molecule has 31 heavy (non-hydrogen) atoms. The maximum absolute atomic E-state index is 13.6. The summed E-state index contributed by atoms with van der Waals surface area (Å²) in [5.74, 6) is 0. The van der Waals surface area contributed by atoms with Crippen molar-refractivity contribution in [2.75, 3.05) is 18.4 Å². The first-order chi connectivity index (χ1) is 14.5. The van der Waals surface area contributed by atoms with E-state index in [-0.39, 0.29) is 36.7 Å². The number of nitrogens with one attached hydrogen (secondary N) is 2. The van der Waals surface area contributed by atoms with Crippen molar-refractivity contribution < 1.29 is 22.4 Å². The molecule has 168 valence electrons. The maximum atomic E-state index is 13.6. The van der Waals surface area contributed by atoms with Crippen LogP contribution in [0.2, 0.25) is 5.02 Å². The molecule has 2 aliphatic rings. The lowest BCUT2D eigenvalue weighted by Gasteiger charge is -2.43. The number of hydrogen-bond acceptors (Lipinski definition) is 3. The molecular weight excluding hydrogens is 436 g/mol. The number of aromatic nitrogens is 1. The Labute approximate surface area is 182 Å². The van der Waals surface area contributed by atoms with Crippen molar-refractivity contribution in [3.8, 4) is 0 Å². The van der Waals surface area contributed by atoms with E-state index in [1.54, 1.807) is 6.07 Å². The Hall–Kier alpha value is -2.29. The fourth-order valence-corrected chi connectivity index (χ4v) is 4.47. The average molecular weight is 459 g/mol. The minimum atomic E-state index is -4.57. The van der Waals surface area contributed by atoms with Gasteiger partial charge in [-0.2, -0.15) is 13.2 Å².